The molecule has 1 N–H and O–H groups in total. The molecule has 2 saturated carbocycles. The van der Waals surface area contributed by atoms with Crippen LogP contribution in [-0.2, 0) is 6.54 Å². The minimum atomic E-state index is -0.233. The Labute approximate surface area is 120 Å². The van der Waals surface area contributed by atoms with Gasteiger partial charge in [0.15, 0.2) is 11.6 Å². The molecule has 0 aliphatic heterocycles. The van der Waals surface area contributed by atoms with Gasteiger partial charge in [0, 0.05) is 12.1 Å². The molecule has 2 bridgehead atoms. The second kappa shape index (κ2) is 6.13. The van der Waals surface area contributed by atoms with E-state index in [1.54, 1.807) is 6.07 Å². The summed E-state index contributed by atoms with van der Waals surface area (Å²) < 4.78 is 19.9. The highest BCUT2D eigenvalue weighted by Crippen LogP contribution is 2.48. The lowest BCUT2D eigenvalue weighted by atomic mass is 9.89. The normalized spacial score (nSPS) is 28.0. The van der Waals surface area contributed by atoms with Crippen molar-refractivity contribution in [3.63, 3.8) is 0 Å². The van der Waals surface area contributed by atoms with E-state index in [9.17, 15) is 4.39 Å². The number of benzene rings is 1. The van der Waals surface area contributed by atoms with Crippen molar-refractivity contribution in [2.45, 2.75) is 39.2 Å². The van der Waals surface area contributed by atoms with Crippen LogP contribution in [-0.4, -0.2) is 13.2 Å². The average molecular weight is 277 g/mol. The number of hydrogen-bond acceptors (Lipinski definition) is 2. The first-order valence-electron chi connectivity index (χ1n) is 7.88. The number of ether oxygens (including phenoxy) is 1. The molecule has 3 rings (SSSR count). The molecule has 0 aromatic heterocycles. The lowest BCUT2D eigenvalue weighted by Crippen LogP contribution is -2.20. The van der Waals surface area contributed by atoms with Crippen molar-refractivity contribution >= 4 is 0 Å². The van der Waals surface area contributed by atoms with Gasteiger partial charge in [0.1, 0.15) is 0 Å². The third kappa shape index (κ3) is 2.83. The predicted octanol–water partition coefficient (Wildman–Crippen LogP) is 3.75. The van der Waals surface area contributed by atoms with E-state index in [4.69, 9.17) is 4.74 Å². The van der Waals surface area contributed by atoms with Crippen molar-refractivity contribution in [3.8, 4) is 5.75 Å². The van der Waals surface area contributed by atoms with Gasteiger partial charge in [0.25, 0.3) is 0 Å². The Morgan fingerprint density at radius 3 is 2.90 bits per heavy atom. The molecule has 0 saturated heterocycles. The summed E-state index contributed by atoms with van der Waals surface area (Å²) in [5, 5.41) is 3.24. The van der Waals surface area contributed by atoms with Gasteiger partial charge in [0.2, 0.25) is 0 Å². The summed E-state index contributed by atoms with van der Waals surface area (Å²) in [6.45, 7) is 4.28. The number of fused-ring (bicyclic) bond motifs is 2. The van der Waals surface area contributed by atoms with Gasteiger partial charge < -0.3 is 10.1 Å². The fourth-order valence-electron chi connectivity index (χ4n) is 3.88. The summed E-state index contributed by atoms with van der Waals surface area (Å²) in [6.07, 6.45) is 5.39. The average Bonchev–Trinajstić information content (AvgIpc) is 3.06. The Morgan fingerprint density at radius 1 is 1.30 bits per heavy atom. The molecular formula is C17H24FNO. The van der Waals surface area contributed by atoms with E-state index < -0.39 is 0 Å². The monoisotopic (exact) mass is 277 g/mol. The SMILES string of the molecule is CCNCc1cccc(F)c1OCC1CC2CCC1C2. The van der Waals surface area contributed by atoms with E-state index in [1.165, 1.54) is 31.7 Å². The van der Waals surface area contributed by atoms with Crippen LogP contribution in [0.3, 0.4) is 0 Å². The standard InChI is InChI=1S/C17H24FNO/c1-2-19-10-14-4-3-5-16(18)17(14)20-11-15-9-12-6-7-13(15)8-12/h3-5,12-13,15,19H,2,6-11H2,1H3. The fourth-order valence-corrected chi connectivity index (χ4v) is 3.88. The smallest absolute Gasteiger partial charge is 0.165 e. The van der Waals surface area contributed by atoms with Crippen molar-refractivity contribution in [3.05, 3.63) is 29.6 Å². The van der Waals surface area contributed by atoms with E-state index >= 15 is 0 Å². The van der Waals surface area contributed by atoms with Crippen LogP contribution in [0.4, 0.5) is 4.39 Å². The summed E-state index contributed by atoms with van der Waals surface area (Å²) in [6, 6.07) is 5.19. The molecule has 3 atom stereocenters. The Kier molecular flexibility index (Phi) is 4.25. The molecule has 2 aliphatic rings. The predicted molar refractivity (Wildman–Crippen MR) is 78.2 cm³/mol. The highest BCUT2D eigenvalue weighted by Gasteiger charge is 2.39. The first kappa shape index (κ1) is 13.9. The molecule has 1 aromatic carbocycles. The summed E-state index contributed by atoms with van der Waals surface area (Å²) in [5.74, 6) is 2.60. The van der Waals surface area contributed by atoms with Crippen molar-refractivity contribution in [2.24, 2.45) is 17.8 Å². The van der Waals surface area contributed by atoms with Gasteiger partial charge in [-0.25, -0.2) is 4.39 Å². The quantitative estimate of drug-likeness (QED) is 0.855. The Morgan fingerprint density at radius 2 is 2.20 bits per heavy atom. The second-order valence-corrected chi connectivity index (χ2v) is 6.25. The molecule has 110 valence electrons. The maximum atomic E-state index is 14.0. The van der Waals surface area contributed by atoms with Crippen LogP contribution in [0, 0.1) is 23.6 Å². The zero-order valence-corrected chi connectivity index (χ0v) is 12.2. The molecule has 2 fully saturated rings. The van der Waals surface area contributed by atoms with Crippen molar-refractivity contribution < 1.29 is 9.13 Å². The molecular weight excluding hydrogens is 253 g/mol. The second-order valence-electron chi connectivity index (χ2n) is 6.25. The molecule has 20 heavy (non-hydrogen) atoms. The van der Waals surface area contributed by atoms with Gasteiger partial charge in [0.05, 0.1) is 6.61 Å². The summed E-state index contributed by atoms with van der Waals surface area (Å²) in [7, 11) is 0. The zero-order chi connectivity index (χ0) is 13.9. The molecule has 0 amide bonds. The fraction of sp³-hybridized carbons (Fsp3) is 0.647. The third-order valence-corrected chi connectivity index (χ3v) is 4.94. The zero-order valence-electron chi connectivity index (χ0n) is 12.2. The Balaban J connectivity index is 1.64. The summed E-state index contributed by atoms with van der Waals surface area (Å²) in [5.41, 5.74) is 0.926. The van der Waals surface area contributed by atoms with Crippen molar-refractivity contribution in [1.82, 2.24) is 5.32 Å². The van der Waals surface area contributed by atoms with Gasteiger partial charge in [-0.15, -0.1) is 0 Å². The maximum absolute atomic E-state index is 14.0. The van der Waals surface area contributed by atoms with Gasteiger partial charge >= 0.3 is 0 Å². The van der Waals surface area contributed by atoms with Crippen LogP contribution in [0.1, 0.15) is 38.2 Å². The van der Waals surface area contributed by atoms with Crippen LogP contribution >= 0.6 is 0 Å². The first-order chi connectivity index (χ1) is 9.78. The van der Waals surface area contributed by atoms with E-state index in [1.807, 2.05) is 6.07 Å². The number of para-hydroxylation sites is 1. The summed E-state index contributed by atoms with van der Waals surface area (Å²) >= 11 is 0. The van der Waals surface area contributed by atoms with Gasteiger partial charge in [-0.3, -0.25) is 0 Å². The van der Waals surface area contributed by atoms with Crippen molar-refractivity contribution in [1.29, 1.82) is 0 Å². The number of hydrogen-bond donors (Lipinski definition) is 1. The molecule has 1 aromatic rings. The Bertz CT molecular complexity index is 462. The minimum absolute atomic E-state index is 0.233. The van der Waals surface area contributed by atoms with Crippen LogP contribution in [0.2, 0.25) is 0 Å². The van der Waals surface area contributed by atoms with Crippen LogP contribution in [0.25, 0.3) is 0 Å². The minimum Gasteiger partial charge on any atom is -0.490 e. The summed E-state index contributed by atoms with van der Waals surface area (Å²) in [4.78, 5) is 0. The van der Waals surface area contributed by atoms with Crippen LogP contribution < -0.4 is 10.1 Å². The van der Waals surface area contributed by atoms with Crippen LogP contribution in [0.15, 0.2) is 18.2 Å². The van der Waals surface area contributed by atoms with Gasteiger partial charge in [-0.2, -0.15) is 0 Å². The van der Waals surface area contributed by atoms with Gasteiger partial charge in [-0.1, -0.05) is 25.5 Å². The van der Waals surface area contributed by atoms with E-state index in [0.717, 1.165) is 23.9 Å². The molecule has 3 heteroatoms. The van der Waals surface area contributed by atoms with E-state index in [2.05, 4.69) is 12.2 Å². The molecule has 2 nitrogen and oxygen atoms in total. The van der Waals surface area contributed by atoms with E-state index in [-0.39, 0.29) is 5.82 Å². The Hall–Kier alpha value is -1.09. The molecule has 2 aliphatic carbocycles. The molecule has 0 heterocycles. The maximum Gasteiger partial charge on any atom is 0.165 e. The number of rotatable bonds is 6. The van der Waals surface area contributed by atoms with E-state index in [0.29, 0.717) is 24.8 Å². The highest BCUT2D eigenvalue weighted by atomic mass is 19.1. The van der Waals surface area contributed by atoms with Gasteiger partial charge in [-0.05, 0) is 49.6 Å². The number of nitrogens with one attached hydrogen (secondary N) is 1. The van der Waals surface area contributed by atoms with Crippen molar-refractivity contribution in [2.75, 3.05) is 13.2 Å². The van der Waals surface area contributed by atoms with Crippen LogP contribution in [0.5, 0.6) is 5.75 Å². The third-order valence-electron chi connectivity index (χ3n) is 4.94. The molecule has 0 radical (unpaired) electrons. The highest BCUT2D eigenvalue weighted by molar-refractivity contribution is 5.35. The number of halogens is 1. The largest absolute Gasteiger partial charge is 0.490 e. The lowest BCUT2D eigenvalue weighted by Gasteiger charge is -2.22. The first-order valence-corrected chi connectivity index (χ1v) is 7.88. The molecule has 0 spiro atoms. The molecule has 3 unspecified atom stereocenters. The lowest BCUT2D eigenvalue weighted by molar-refractivity contribution is 0.188. The topological polar surface area (TPSA) is 21.3 Å².